The molecule has 1 atom stereocenters. The van der Waals surface area contributed by atoms with E-state index in [9.17, 15) is 9.59 Å². The number of carbonyl (C=O) groups excluding carboxylic acids is 2. The van der Waals surface area contributed by atoms with E-state index in [1.54, 1.807) is 4.90 Å². The molecular weight excluding hydrogens is 388 g/mol. The fourth-order valence-electron chi connectivity index (χ4n) is 4.27. The Bertz CT molecular complexity index is 1100. The molecule has 0 spiro atoms. The molecule has 6 nitrogen and oxygen atoms in total. The smallest absolute Gasteiger partial charge is 0.242 e. The van der Waals surface area contributed by atoms with E-state index in [1.807, 2.05) is 72.0 Å². The summed E-state index contributed by atoms with van der Waals surface area (Å²) in [6.45, 7) is 5.72. The SMILES string of the molecule is CCCCN(C)C(=O)Cn1c([C@H]2CC(=O)N(c3cccc(C)c3)C2)nc2ccccc21. The van der Waals surface area contributed by atoms with Gasteiger partial charge in [-0.1, -0.05) is 37.6 Å². The summed E-state index contributed by atoms with van der Waals surface area (Å²) in [5.41, 5.74) is 3.85. The molecule has 6 heteroatoms. The van der Waals surface area contributed by atoms with Gasteiger partial charge in [0.25, 0.3) is 0 Å². The van der Waals surface area contributed by atoms with Crippen molar-refractivity contribution in [2.24, 2.45) is 0 Å². The normalized spacial score (nSPS) is 16.3. The molecule has 0 aliphatic carbocycles. The van der Waals surface area contributed by atoms with Crippen LogP contribution in [0.1, 0.15) is 43.5 Å². The number of benzene rings is 2. The molecule has 1 aromatic heterocycles. The molecule has 0 bridgehead atoms. The van der Waals surface area contributed by atoms with Gasteiger partial charge in [-0.3, -0.25) is 9.59 Å². The van der Waals surface area contributed by atoms with E-state index in [-0.39, 0.29) is 24.3 Å². The predicted molar refractivity (Wildman–Crippen MR) is 123 cm³/mol. The van der Waals surface area contributed by atoms with E-state index >= 15 is 0 Å². The van der Waals surface area contributed by atoms with Gasteiger partial charge in [-0.15, -0.1) is 0 Å². The summed E-state index contributed by atoms with van der Waals surface area (Å²) in [5.74, 6) is 0.939. The Morgan fingerprint density at radius 3 is 2.77 bits per heavy atom. The van der Waals surface area contributed by atoms with Crippen LogP contribution in [0.3, 0.4) is 0 Å². The second-order valence-electron chi connectivity index (χ2n) is 8.46. The van der Waals surface area contributed by atoms with E-state index in [1.165, 1.54) is 0 Å². The minimum Gasteiger partial charge on any atom is -0.344 e. The predicted octanol–water partition coefficient (Wildman–Crippen LogP) is 4.12. The molecular formula is C25H30N4O2. The maximum absolute atomic E-state index is 12.9. The zero-order valence-corrected chi connectivity index (χ0v) is 18.5. The fourth-order valence-corrected chi connectivity index (χ4v) is 4.27. The number of nitrogens with zero attached hydrogens (tertiary/aromatic N) is 4. The lowest BCUT2D eigenvalue weighted by Crippen LogP contribution is -2.32. The van der Waals surface area contributed by atoms with Crippen molar-refractivity contribution in [3.05, 3.63) is 59.9 Å². The highest BCUT2D eigenvalue weighted by atomic mass is 16.2. The van der Waals surface area contributed by atoms with Gasteiger partial charge < -0.3 is 14.4 Å². The lowest BCUT2D eigenvalue weighted by Gasteiger charge is -2.20. The van der Waals surface area contributed by atoms with Gasteiger partial charge >= 0.3 is 0 Å². The minimum absolute atomic E-state index is 0.0471. The number of imidazole rings is 1. The molecule has 31 heavy (non-hydrogen) atoms. The molecule has 0 unspecified atom stereocenters. The van der Waals surface area contributed by atoms with E-state index in [2.05, 4.69) is 6.92 Å². The van der Waals surface area contributed by atoms with Crippen molar-refractivity contribution in [1.82, 2.24) is 14.5 Å². The number of rotatable bonds is 7. The van der Waals surface area contributed by atoms with Crippen molar-refractivity contribution in [3.63, 3.8) is 0 Å². The highest BCUT2D eigenvalue weighted by Crippen LogP contribution is 2.33. The standard InChI is InChI=1S/C25H30N4O2/c1-4-5-13-27(3)24(31)17-29-22-12-7-6-11-21(22)26-25(29)19-15-23(30)28(16-19)20-10-8-9-18(2)14-20/h6-12,14,19H,4-5,13,15-17H2,1-3H3/t19-/m0/s1. The van der Waals surface area contributed by atoms with E-state index in [4.69, 9.17) is 4.98 Å². The molecule has 0 N–H and O–H groups in total. The average Bonchev–Trinajstić information content (AvgIpc) is 3.32. The molecule has 3 aromatic rings. The largest absolute Gasteiger partial charge is 0.344 e. The van der Waals surface area contributed by atoms with Crippen LogP contribution >= 0.6 is 0 Å². The van der Waals surface area contributed by atoms with Crippen LogP contribution in [0.15, 0.2) is 48.5 Å². The first-order valence-electron chi connectivity index (χ1n) is 11.0. The first kappa shape index (κ1) is 21.1. The van der Waals surface area contributed by atoms with Crippen LogP contribution in [0.5, 0.6) is 0 Å². The van der Waals surface area contributed by atoms with Gasteiger partial charge in [-0.05, 0) is 43.2 Å². The van der Waals surface area contributed by atoms with Crippen molar-refractivity contribution < 1.29 is 9.59 Å². The van der Waals surface area contributed by atoms with Crippen molar-refractivity contribution >= 4 is 28.5 Å². The number of hydrogen-bond donors (Lipinski definition) is 0. The topological polar surface area (TPSA) is 58.4 Å². The Balaban J connectivity index is 1.64. The number of aryl methyl sites for hydroxylation is 1. The molecule has 1 saturated heterocycles. The van der Waals surface area contributed by atoms with Crippen LogP contribution in [0.25, 0.3) is 11.0 Å². The summed E-state index contributed by atoms with van der Waals surface area (Å²) in [7, 11) is 1.86. The summed E-state index contributed by atoms with van der Waals surface area (Å²) in [5, 5.41) is 0. The summed E-state index contributed by atoms with van der Waals surface area (Å²) in [6, 6.07) is 15.9. The number of likely N-dealkylation sites (N-methyl/N-ethyl adjacent to an activating group) is 1. The van der Waals surface area contributed by atoms with Crippen LogP contribution in [-0.2, 0) is 16.1 Å². The summed E-state index contributed by atoms with van der Waals surface area (Å²) >= 11 is 0. The van der Waals surface area contributed by atoms with Crippen molar-refractivity contribution in [2.45, 2.75) is 45.6 Å². The van der Waals surface area contributed by atoms with Crippen molar-refractivity contribution in [1.29, 1.82) is 0 Å². The van der Waals surface area contributed by atoms with Crippen LogP contribution in [0.4, 0.5) is 5.69 Å². The Hall–Kier alpha value is -3.15. The van der Waals surface area contributed by atoms with Crippen molar-refractivity contribution in [3.8, 4) is 0 Å². The average molecular weight is 419 g/mol. The van der Waals surface area contributed by atoms with Gasteiger partial charge in [0.05, 0.1) is 11.0 Å². The zero-order chi connectivity index (χ0) is 22.0. The van der Waals surface area contributed by atoms with Crippen LogP contribution in [0, 0.1) is 6.92 Å². The second-order valence-corrected chi connectivity index (χ2v) is 8.46. The Morgan fingerprint density at radius 2 is 2.00 bits per heavy atom. The number of amides is 2. The van der Waals surface area contributed by atoms with Gasteiger partial charge in [0, 0.05) is 38.2 Å². The van der Waals surface area contributed by atoms with Gasteiger partial charge in [-0.2, -0.15) is 0 Å². The number of carbonyl (C=O) groups is 2. The first-order valence-corrected chi connectivity index (χ1v) is 11.0. The lowest BCUT2D eigenvalue weighted by atomic mass is 10.1. The summed E-state index contributed by atoms with van der Waals surface area (Å²) in [6.07, 6.45) is 2.44. The summed E-state index contributed by atoms with van der Waals surface area (Å²) in [4.78, 5) is 34.3. The van der Waals surface area contributed by atoms with E-state index in [0.29, 0.717) is 13.0 Å². The third-order valence-corrected chi connectivity index (χ3v) is 6.05. The number of para-hydroxylation sites is 2. The second kappa shape index (κ2) is 8.92. The quantitative estimate of drug-likeness (QED) is 0.580. The number of anilines is 1. The maximum Gasteiger partial charge on any atom is 0.242 e. The molecule has 0 radical (unpaired) electrons. The Kier molecular flexibility index (Phi) is 6.07. The minimum atomic E-state index is -0.0471. The van der Waals surface area contributed by atoms with Crippen LogP contribution in [-0.4, -0.2) is 46.4 Å². The van der Waals surface area contributed by atoms with E-state index < -0.39 is 0 Å². The summed E-state index contributed by atoms with van der Waals surface area (Å²) < 4.78 is 2.01. The molecule has 162 valence electrons. The number of fused-ring (bicyclic) bond motifs is 1. The molecule has 1 fully saturated rings. The van der Waals surface area contributed by atoms with Crippen LogP contribution < -0.4 is 4.90 Å². The first-order chi connectivity index (χ1) is 15.0. The molecule has 1 aliphatic rings. The molecule has 2 aromatic carbocycles. The Morgan fingerprint density at radius 1 is 1.19 bits per heavy atom. The number of unbranched alkanes of at least 4 members (excludes halogenated alkanes) is 1. The maximum atomic E-state index is 12.9. The van der Waals surface area contributed by atoms with Gasteiger partial charge in [0.1, 0.15) is 12.4 Å². The third-order valence-electron chi connectivity index (χ3n) is 6.05. The number of aromatic nitrogens is 2. The van der Waals surface area contributed by atoms with Gasteiger partial charge in [-0.25, -0.2) is 4.98 Å². The van der Waals surface area contributed by atoms with Crippen LogP contribution in [0.2, 0.25) is 0 Å². The molecule has 1 aliphatic heterocycles. The highest BCUT2D eigenvalue weighted by Gasteiger charge is 2.35. The third kappa shape index (κ3) is 4.33. The molecule has 4 rings (SSSR count). The monoisotopic (exact) mass is 418 g/mol. The van der Waals surface area contributed by atoms with Gasteiger partial charge in [0.2, 0.25) is 11.8 Å². The fraction of sp³-hybridized carbons (Fsp3) is 0.400. The Labute approximate surface area is 183 Å². The molecule has 0 saturated carbocycles. The molecule has 2 heterocycles. The highest BCUT2D eigenvalue weighted by molar-refractivity contribution is 5.96. The zero-order valence-electron chi connectivity index (χ0n) is 18.5. The molecule has 2 amide bonds. The van der Waals surface area contributed by atoms with E-state index in [0.717, 1.165) is 47.5 Å². The number of hydrogen-bond acceptors (Lipinski definition) is 3. The van der Waals surface area contributed by atoms with Crippen molar-refractivity contribution in [2.75, 3.05) is 25.0 Å². The lowest BCUT2D eigenvalue weighted by molar-refractivity contribution is -0.130. The van der Waals surface area contributed by atoms with Gasteiger partial charge in [0.15, 0.2) is 0 Å².